The monoisotopic (exact) mass is 417 g/mol. The van der Waals surface area contributed by atoms with Gasteiger partial charge in [-0.2, -0.15) is 0 Å². The SMILES string of the molecule is CCn1c(COc2ccccc2C)nnc1S[C@@H](C)C(=O)Nc1nc(C)cs1. The van der Waals surface area contributed by atoms with Crippen LogP contribution in [0.15, 0.2) is 34.8 Å². The van der Waals surface area contributed by atoms with Crippen molar-refractivity contribution < 1.29 is 9.53 Å². The second-order valence-electron chi connectivity index (χ2n) is 6.24. The number of aryl methyl sites for hydroxylation is 2. The van der Waals surface area contributed by atoms with Gasteiger partial charge < -0.3 is 14.6 Å². The Morgan fingerprint density at radius 3 is 2.79 bits per heavy atom. The maximum Gasteiger partial charge on any atom is 0.239 e. The summed E-state index contributed by atoms with van der Waals surface area (Å²) >= 11 is 2.79. The smallest absolute Gasteiger partial charge is 0.239 e. The van der Waals surface area contributed by atoms with Gasteiger partial charge in [0.05, 0.1) is 10.9 Å². The first-order valence-corrected chi connectivity index (χ1v) is 10.7. The summed E-state index contributed by atoms with van der Waals surface area (Å²) in [6.45, 7) is 8.79. The van der Waals surface area contributed by atoms with Gasteiger partial charge in [-0.15, -0.1) is 21.5 Å². The number of carbonyl (C=O) groups excluding carboxylic acids is 1. The summed E-state index contributed by atoms with van der Waals surface area (Å²) in [7, 11) is 0. The molecule has 1 amide bonds. The number of rotatable bonds is 8. The minimum absolute atomic E-state index is 0.109. The molecular weight excluding hydrogens is 394 g/mol. The predicted octanol–water partition coefficient (Wildman–Crippen LogP) is 4.07. The molecule has 0 saturated heterocycles. The summed E-state index contributed by atoms with van der Waals surface area (Å²) < 4.78 is 7.87. The lowest BCUT2D eigenvalue weighted by atomic mass is 10.2. The predicted molar refractivity (Wildman–Crippen MR) is 112 cm³/mol. The van der Waals surface area contributed by atoms with Gasteiger partial charge in [-0.25, -0.2) is 4.98 Å². The zero-order valence-corrected chi connectivity index (χ0v) is 17.9. The number of ether oxygens (including phenoxy) is 1. The fourth-order valence-electron chi connectivity index (χ4n) is 2.52. The Hall–Kier alpha value is -2.39. The van der Waals surface area contributed by atoms with Gasteiger partial charge in [0.2, 0.25) is 5.91 Å². The van der Waals surface area contributed by atoms with Crippen molar-refractivity contribution in [3.63, 3.8) is 0 Å². The van der Waals surface area contributed by atoms with E-state index < -0.39 is 0 Å². The molecule has 1 atom stereocenters. The molecule has 148 valence electrons. The number of nitrogens with one attached hydrogen (secondary N) is 1. The minimum atomic E-state index is -0.330. The highest BCUT2D eigenvalue weighted by molar-refractivity contribution is 8.00. The minimum Gasteiger partial charge on any atom is -0.485 e. The van der Waals surface area contributed by atoms with Crippen LogP contribution in [0.2, 0.25) is 0 Å². The van der Waals surface area contributed by atoms with E-state index in [1.54, 1.807) is 0 Å². The van der Waals surface area contributed by atoms with Crippen molar-refractivity contribution in [1.82, 2.24) is 19.7 Å². The van der Waals surface area contributed by atoms with Gasteiger partial charge in [0.25, 0.3) is 0 Å². The average molecular weight is 418 g/mol. The number of hydrogen-bond donors (Lipinski definition) is 1. The maximum absolute atomic E-state index is 12.4. The van der Waals surface area contributed by atoms with Crippen LogP contribution in [0, 0.1) is 13.8 Å². The Balaban J connectivity index is 1.64. The van der Waals surface area contributed by atoms with Crippen molar-refractivity contribution in [2.75, 3.05) is 5.32 Å². The summed E-state index contributed by atoms with van der Waals surface area (Å²) in [5.41, 5.74) is 1.96. The van der Waals surface area contributed by atoms with Crippen molar-refractivity contribution in [2.24, 2.45) is 0 Å². The number of carbonyl (C=O) groups is 1. The van der Waals surface area contributed by atoms with Crippen molar-refractivity contribution >= 4 is 34.1 Å². The third-order valence-corrected chi connectivity index (χ3v) is 6.02. The summed E-state index contributed by atoms with van der Waals surface area (Å²) in [4.78, 5) is 16.7. The Morgan fingerprint density at radius 1 is 1.32 bits per heavy atom. The van der Waals surface area contributed by atoms with Crippen LogP contribution >= 0.6 is 23.1 Å². The van der Waals surface area contributed by atoms with Crippen LogP contribution in [0.5, 0.6) is 5.75 Å². The topological polar surface area (TPSA) is 81.9 Å². The molecule has 0 aliphatic rings. The number of nitrogens with zero attached hydrogens (tertiary/aromatic N) is 4. The molecule has 0 bridgehead atoms. The molecule has 3 aromatic rings. The van der Waals surface area contributed by atoms with E-state index in [1.165, 1.54) is 23.1 Å². The number of anilines is 1. The normalized spacial score (nSPS) is 12.0. The van der Waals surface area contributed by atoms with Gasteiger partial charge in [0, 0.05) is 11.9 Å². The Labute approximate surface area is 172 Å². The average Bonchev–Trinajstić information content (AvgIpc) is 3.26. The molecule has 7 nitrogen and oxygen atoms in total. The van der Waals surface area contributed by atoms with Crippen LogP contribution < -0.4 is 10.1 Å². The molecule has 0 aliphatic heterocycles. The molecule has 28 heavy (non-hydrogen) atoms. The Bertz CT molecular complexity index is 953. The van der Waals surface area contributed by atoms with Crippen LogP contribution in [0.3, 0.4) is 0 Å². The summed E-state index contributed by atoms with van der Waals surface area (Å²) in [5.74, 6) is 1.45. The van der Waals surface area contributed by atoms with Gasteiger partial charge in [-0.1, -0.05) is 30.0 Å². The fraction of sp³-hybridized carbons (Fsp3) is 0.368. The first-order chi connectivity index (χ1) is 13.5. The van der Waals surface area contributed by atoms with Crippen LogP contribution in [0.4, 0.5) is 5.13 Å². The second-order valence-corrected chi connectivity index (χ2v) is 8.41. The van der Waals surface area contributed by atoms with E-state index >= 15 is 0 Å². The quantitative estimate of drug-likeness (QED) is 0.557. The lowest BCUT2D eigenvalue weighted by molar-refractivity contribution is -0.115. The van der Waals surface area contributed by atoms with E-state index in [-0.39, 0.29) is 11.2 Å². The van der Waals surface area contributed by atoms with Gasteiger partial charge in [-0.05, 0) is 39.3 Å². The molecule has 9 heteroatoms. The van der Waals surface area contributed by atoms with Gasteiger partial charge in [0.1, 0.15) is 12.4 Å². The lowest BCUT2D eigenvalue weighted by Gasteiger charge is -2.12. The van der Waals surface area contributed by atoms with Gasteiger partial charge in [0.15, 0.2) is 16.1 Å². The first-order valence-electron chi connectivity index (χ1n) is 8.98. The number of amides is 1. The number of aromatic nitrogens is 4. The molecule has 0 saturated carbocycles. The summed E-state index contributed by atoms with van der Waals surface area (Å²) in [5, 5.41) is 14.2. The Kier molecular flexibility index (Phi) is 6.69. The highest BCUT2D eigenvalue weighted by Crippen LogP contribution is 2.25. The van der Waals surface area contributed by atoms with E-state index in [0.717, 1.165) is 22.8 Å². The summed E-state index contributed by atoms with van der Waals surface area (Å²) in [6, 6.07) is 7.86. The van der Waals surface area contributed by atoms with E-state index in [0.29, 0.717) is 23.4 Å². The van der Waals surface area contributed by atoms with E-state index in [2.05, 4.69) is 20.5 Å². The number of para-hydroxylation sites is 1. The van der Waals surface area contributed by atoms with Crippen LogP contribution in [0.1, 0.15) is 30.9 Å². The van der Waals surface area contributed by atoms with Crippen molar-refractivity contribution in [2.45, 2.75) is 51.3 Å². The maximum atomic E-state index is 12.4. The molecule has 0 radical (unpaired) electrons. The molecular formula is C19H23N5O2S2. The van der Waals surface area contributed by atoms with Crippen molar-refractivity contribution in [3.8, 4) is 5.75 Å². The molecule has 2 heterocycles. The molecule has 0 unspecified atom stereocenters. The number of benzene rings is 1. The molecule has 0 spiro atoms. The van der Waals surface area contributed by atoms with E-state index in [9.17, 15) is 4.79 Å². The molecule has 2 aromatic heterocycles. The van der Waals surface area contributed by atoms with Gasteiger partial charge in [-0.3, -0.25) is 4.79 Å². The van der Waals surface area contributed by atoms with Crippen LogP contribution in [0.25, 0.3) is 0 Å². The molecule has 0 aliphatic carbocycles. The molecule has 1 N–H and O–H groups in total. The third kappa shape index (κ3) is 4.90. The molecule has 0 fully saturated rings. The van der Waals surface area contributed by atoms with E-state index in [1.807, 2.05) is 61.9 Å². The number of thiazole rings is 1. The fourth-order valence-corrected chi connectivity index (χ4v) is 4.14. The van der Waals surface area contributed by atoms with Crippen LogP contribution in [-0.2, 0) is 17.9 Å². The summed E-state index contributed by atoms with van der Waals surface area (Å²) in [6.07, 6.45) is 0. The molecule has 3 rings (SSSR count). The highest BCUT2D eigenvalue weighted by Gasteiger charge is 2.20. The van der Waals surface area contributed by atoms with Crippen molar-refractivity contribution in [1.29, 1.82) is 0 Å². The largest absolute Gasteiger partial charge is 0.485 e. The Morgan fingerprint density at radius 2 is 2.11 bits per heavy atom. The highest BCUT2D eigenvalue weighted by atomic mass is 32.2. The third-order valence-electron chi connectivity index (χ3n) is 4.06. The van der Waals surface area contributed by atoms with E-state index in [4.69, 9.17) is 4.74 Å². The number of thioether (sulfide) groups is 1. The molecule has 1 aromatic carbocycles. The first kappa shape index (κ1) is 20.3. The standard InChI is InChI=1S/C19H23N5O2S2/c1-5-24-16(10-26-15-9-7-6-8-12(15)2)22-23-19(24)28-14(4)17(25)21-18-20-13(3)11-27-18/h6-9,11,14H,5,10H2,1-4H3,(H,20,21,25)/t14-/m0/s1. The zero-order valence-electron chi connectivity index (χ0n) is 16.3. The number of hydrogen-bond acceptors (Lipinski definition) is 7. The van der Waals surface area contributed by atoms with Crippen molar-refractivity contribution in [3.05, 3.63) is 46.7 Å². The van der Waals surface area contributed by atoms with Gasteiger partial charge >= 0.3 is 0 Å². The second kappa shape index (κ2) is 9.20. The van der Waals surface area contributed by atoms with Crippen LogP contribution in [-0.4, -0.2) is 30.9 Å². The lowest BCUT2D eigenvalue weighted by Crippen LogP contribution is -2.23. The zero-order chi connectivity index (χ0) is 20.1.